The number of carboxylic acid groups (broad SMARTS) is 1. The quantitative estimate of drug-likeness (QED) is 0.0204. The standard InChI is InChI=1S/C52H77NO7/c1-6-8-10-12-14-16-18-20-22-24-25-27-29-31-33-35-37-39-41-43-51(55)60-48(46-58-45-44-49(52(56)57)53(3,4)5)47-59-50(54)42-40-38-36-34-32-30-28-26-23-21-19-17-15-13-11-9-7-2/h8-11,13-17,19-23,25-28,30-33,37,39,48-49H,6-7,12,18,24,29,34-36,38,40-47H2,1-5H3/b10-8+,11-9+,15-13+,16-14+,19-17+,22-20+,23-21+,27-25+,28-26+,32-30+,33-31+,39-37+. The summed E-state index contributed by atoms with van der Waals surface area (Å²) in [5, 5.41) is 11.6. The Bertz CT molecular complexity index is 1480. The third-order valence-electron chi connectivity index (χ3n) is 8.65. The predicted molar refractivity (Wildman–Crippen MR) is 249 cm³/mol. The first kappa shape index (κ1) is 55.2. The van der Waals surface area contributed by atoms with Crippen molar-refractivity contribution in [2.45, 2.75) is 122 Å². The number of esters is 2. The molecule has 0 aromatic heterocycles. The topological polar surface area (TPSA) is 102 Å². The Balaban J connectivity index is 4.61. The lowest BCUT2D eigenvalue weighted by molar-refractivity contribution is -0.889. The SMILES string of the molecule is CC/C=C/C=C/C=C/C=C/C=C/C=C/CCCCCC(=O)OCC(COCCC(C(=O)[O-])[N+](C)(C)C)OC(=O)CC/C=C/C/C=C/C/C=C/C/C=C/C/C=C/C/C=C/CC. The fourth-order valence-corrected chi connectivity index (χ4v) is 5.30. The van der Waals surface area contributed by atoms with Gasteiger partial charge in [0.25, 0.3) is 0 Å². The van der Waals surface area contributed by atoms with Gasteiger partial charge in [0.05, 0.1) is 40.3 Å². The molecule has 0 fully saturated rings. The summed E-state index contributed by atoms with van der Waals surface area (Å²) in [7, 11) is 5.34. The lowest BCUT2D eigenvalue weighted by Gasteiger charge is -2.34. The number of carbonyl (C=O) groups is 3. The van der Waals surface area contributed by atoms with Gasteiger partial charge in [0.1, 0.15) is 12.6 Å². The summed E-state index contributed by atoms with van der Waals surface area (Å²) in [6, 6.07) is -0.757. The number of aliphatic carboxylic acids is 1. The second-order valence-corrected chi connectivity index (χ2v) is 15.0. The van der Waals surface area contributed by atoms with Gasteiger partial charge < -0.3 is 28.6 Å². The zero-order valence-corrected chi connectivity index (χ0v) is 37.5. The molecule has 8 nitrogen and oxygen atoms in total. The van der Waals surface area contributed by atoms with Crippen LogP contribution in [0.1, 0.15) is 110 Å². The molecule has 0 N–H and O–H groups in total. The van der Waals surface area contributed by atoms with Crippen LogP contribution >= 0.6 is 0 Å². The highest BCUT2D eigenvalue weighted by atomic mass is 16.6. The van der Waals surface area contributed by atoms with Crippen LogP contribution in [0.4, 0.5) is 0 Å². The average molecular weight is 828 g/mol. The molecule has 2 atom stereocenters. The van der Waals surface area contributed by atoms with Crippen LogP contribution in [0.2, 0.25) is 0 Å². The zero-order valence-electron chi connectivity index (χ0n) is 37.5. The highest BCUT2D eigenvalue weighted by Crippen LogP contribution is 2.10. The summed E-state index contributed by atoms with van der Waals surface area (Å²) in [4.78, 5) is 36.8. The van der Waals surface area contributed by atoms with Crippen LogP contribution in [-0.2, 0) is 28.6 Å². The first-order valence-electron chi connectivity index (χ1n) is 21.9. The molecular weight excluding hydrogens is 751 g/mol. The molecule has 2 unspecified atom stereocenters. The summed E-state index contributed by atoms with van der Waals surface area (Å²) in [6.45, 7) is 4.23. The van der Waals surface area contributed by atoms with Crippen LogP contribution in [0.25, 0.3) is 0 Å². The van der Waals surface area contributed by atoms with Crippen LogP contribution in [0.5, 0.6) is 0 Å². The minimum absolute atomic E-state index is 0.0165. The fraction of sp³-hybridized carbons (Fsp3) is 0.481. The summed E-state index contributed by atoms with van der Waals surface area (Å²) < 4.78 is 17.0. The minimum Gasteiger partial charge on any atom is -0.544 e. The van der Waals surface area contributed by atoms with Crippen LogP contribution < -0.4 is 5.11 Å². The number of hydrogen-bond acceptors (Lipinski definition) is 7. The van der Waals surface area contributed by atoms with Gasteiger partial charge in [0, 0.05) is 19.3 Å². The molecule has 0 bridgehead atoms. The number of quaternary nitrogens is 1. The van der Waals surface area contributed by atoms with E-state index in [4.69, 9.17) is 14.2 Å². The molecule has 0 rings (SSSR count). The summed E-state index contributed by atoms with van der Waals surface area (Å²) >= 11 is 0. The van der Waals surface area contributed by atoms with Crippen LogP contribution in [0.3, 0.4) is 0 Å². The molecule has 0 aromatic carbocycles. The minimum atomic E-state index is -1.15. The summed E-state index contributed by atoms with van der Waals surface area (Å²) in [6.07, 6.45) is 60.3. The Morgan fingerprint density at radius 2 is 1.00 bits per heavy atom. The monoisotopic (exact) mass is 828 g/mol. The van der Waals surface area contributed by atoms with E-state index in [0.29, 0.717) is 12.8 Å². The Morgan fingerprint density at radius 1 is 0.517 bits per heavy atom. The normalized spacial score (nSPS) is 14.3. The van der Waals surface area contributed by atoms with Crippen molar-refractivity contribution in [2.75, 3.05) is 41.0 Å². The lowest BCUT2D eigenvalue weighted by atomic mass is 10.1. The molecule has 8 heteroatoms. The van der Waals surface area contributed by atoms with Crippen molar-refractivity contribution < 1.29 is 38.2 Å². The van der Waals surface area contributed by atoms with E-state index in [1.807, 2.05) is 72.9 Å². The fourth-order valence-electron chi connectivity index (χ4n) is 5.30. The number of ether oxygens (including phenoxy) is 3. The molecule has 0 saturated heterocycles. The van der Waals surface area contributed by atoms with E-state index in [2.05, 4.69) is 86.8 Å². The lowest BCUT2D eigenvalue weighted by Crippen LogP contribution is -2.55. The molecule has 0 aliphatic rings. The first-order valence-corrected chi connectivity index (χ1v) is 21.9. The Labute approximate surface area is 364 Å². The molecule has 0 saturated carbocycles. The van der Waals surface area contributed by atoms with Crippen molar-refractivity contribution in [1.82, 2.24) is 0 Å². The van der Waals surface area contributed by atoms with E-state index in [9.17, 15) is 19.5 Å². The molecule has 0 heterocycles. The van der Waals surface area contributed by atoms with Crippen LogP contribution in [0.15, 0.2) is 146 Å². The van der Waals surface area contributed by atoms with Crippen molar-refractivity contribution in [3.63, 3.8) is 0 Å². The third-order valence-corrected chi connectivity index (χ3v) is 8.65. The number of rotatable bonds is 36. The van der Waals surface area contributed by atoms with E-state index in [0.717, 1.165) is 64.2 Å². The van der Waals surface area contributed by atoms with Crippen LogP contribution in [0, 0.1) is 0 Å². The highest BCUT2D eigenvalue weighted by molar-refractivity contribution is 5.70. The molecule has 0 amide bonds. The molecule has 0 aliphatic heterocycles. The molecule has 0 spiro atoms. The smallest absolute Gasteiger partial charge is 0.306 e. The number of likely N-dealkylation sites (N-methyl/N-ethyl adjacent to an activating group) is 1. The van der Waals surface area contributed by atoms with Gasteiger partial charge in [-0.3, -0.25) is 9.59 Å². The second kappa shape index (κ2) is 41.0. The van der Waals surface area contributed by atoms with Gasteiger partial charge in [-0.1, -0.05) is 166 Å². The zero-order chi connectivity index (χ0) is 44.2. The maximum absolute atomic E-state index is 12.7. The molecule has 0 aromatic rings. The number of nitrogens with zero attached hydrogens (tertiary/aromatic N) is 1. The van der Waals surface area contributed by atoms with Crippen LogP contribution in [-0.4, -0.2) is 75.5 Å². The van der Waals surface area contributed by atoms with E-state index >= 15 is 0 Å². The van der Waals surface area contributed by atoms with E-state index < -0.39 is 24.1 Å². The van der Waals surface area contributed by atoms with Gasteiger partial charge in [0.2, 0.25) is 0 Å². The number of hydrogen-bond donors (Lipinski definition) is 0. The van der Waals surface area contributed by atoms with E-state index in [1.54, 1.807) is 21.1 Å². The highest BCUT2D eigenvalue weighted by Gasteiger charge is 2.25. The van der Waals surface area contributed by atoms with Gasteiger partial charge in [0.15, 0.2) is 6.10 Å². The van der Waals surface area contributed by atoms with Gasteiger partial charge in [-0.25, -0.2) is 0 Å². The van der Waals surface area contributed by atoms with Gasteiger partial charge in [-0.2, -0.15) is 0 Å². The number of unbranched alkanes of at least 4 members (excludes halogenated alkanes) is 3. The molecular formula is C52H77NO7. The van der Waals surface area contributed by atoms with E-state index in [-0.39, 0.29) is 49.5 Å². The number of carboxylic acids is 1. The summed E-state index contributed by atoms with van der Waals surface area (Å²) in [5.41, 5.74) is 0. The molecule has 332 valence electrons. The Hall–Kier alpha value is -4.79. The predicted octanol–water partition coefficient (Wildman–Crippen LogP) is 10.8. The van der Waals surface area contributed by atoms with Crippen molar-refractivity contribution in [3.8, 4) is 0 Å². The van der Waals surface area contributed by atoms with Gasteiger partial charge >= 0.3 is 11.9 Å². The first-order chi connectivity index (χ1) is 29.1. The second-order valence-electron chi connectivity index (χ2n) is 15.0. The van der Waals surface area contributed by atoms with Crippen molar-refractivity contribution in [3.05, 3.63) is 146 Å². The molecule has 0 aliphatic carbocycles. The van der Waals surface area contributed by atoms with Crippen molar-refractivity contribution >= 4 is 17.9 Å². The maximum atomic E-state index is 12.7. The Morgan fingerprint density at radius 3 is 1.50 bits per heavy atom. The maximum Gasteiger partial charge on any atom is 0.306 e. The third kappa shape index (κ3) is 38.7. The number of allylic oxidation sites excluding steroid dienone is 24. The summed E-state index contributed by atoms with van der Waals surface area (Å²) in [5.74, 6) is -1.93. The van der Waals surface area contributed by atoms with Gasteiger partial charge in [-0.05, 0) is 70.6 Å². The van der Waals surface area contributed by atoms with Gasteiger partial charge in [-0.15, -0.1) is 0 Å². The number of carbonyl (C=O) groups excluding carboxylic acids is 3. The van der Waals surface area contributed by atoms with Crippen molar-refractivity contribution in [2.24, 2.45) is 0 Å². The van der Waals surface area contributed by atoms with E-state index in [1.165, 1.54) is 0 Å². The largest absolute Gasteiger partial charge is 0.544 e. The average Bonchev–Trinajstić information content (AvgIpc) is 3.21. The Kier molecular flexibility index (Phi) is 37.7. The molecule has 60 heavy (non-hydrogen) atoms. The van der Waals surface area contributed by atoms with Crippen molar-refractivity contribution in [1.29, 1.82) is 0 Å². The molecule has 0 radical (unpaired) electrons.